The van der Waals surface area contributed by atoms with Gasteiger partial charge in [-0.25, -0.2) is 13.2 Å². The highest BCUT2D eigenvalue weighted by Gasteiger charge is 2.19. The van der Waals surface area contributed by atoms with Gasteiger partial charge in [-0.2, -0.15) is 0 Å². The molecule has 36 heavy (non-hydrogen) atoms. The van der Waals surface area contributed by atoms with E-state index in [1.54, 1.807) is 54.6 Å². The quantitative estimate of drug-likeness (QED) is 0.323. The molecule has 0 saturated heterocycles. The summed E-state index contributed by atoms with van der Waals surface area (Å²) in [6.07, 6.45) is 0. The van der Waals surface area contributed by atoms with Crippen LogP contribution in [0.2, 0.25) is 0 Å². The number of hydrogen-bond acceptors (Lipinski definition) is 5. The number of hydrogen-bond donors (Lipinski definition) is 3. The van der Waals surface area contributed by atoms with E-state index in [1.807, 2.05) is 42.5 Å². The summed E-state index contributed by atoms with van der Waals surface area (Å²) in [6, 6.07) is 27.7. The summed E-state index contributed by atoms with van der Waals surface area (Å²) in [5.74, 6) is 1.33. The SMILES string of the molecule is O=C(NCc1ccc2c(c1)OCO2)Nc1ccc(NS(=O)(=O)c2ccccc2-c2ccccc2)cc1. The first-order valence-electron chi connectivity index (χ1n) is 11.2. The van der Waals surface area contributed by atoms with Crippen molar-refractivity contribution in [2.45, 2.75) is 11.4 Å². The predicted molar refractivity (Wildman–Crippen MR) is 138 cm³/mol. The van der Waals surface area contributed by atoms with Crippen LogP contribution in [0.15, 0.2) is 102 Å². The van der Waals surface area contributed by atoms with E-state index in [0.29, 0.717) is 35.0 Å². The number of urea groups is 1. The standard InChI is InChI=1S/C27H23N3O5S/c31-27(28-17-19-10-15-24-25(16-19)35-18-34-24)29-21-11-13-22(14-12-21)30-36(32,33)26-9-5-4-8-23(26)20-6-2-1-3-7-20/h1-16,30H,17-18H2,(H2,28,29,31). The molecule has 0 aliphatic carbocycles. The Labute approximate surface area is 208 Å². The minimum Gasteiger partial charge on any atom is -0.454 e. The van der Waals surface area contributed by atoms with E-state index in [4.69, 9.17) is 9.47 Å². The molecule has 0 spiro atoms. The average Bonchev–Trinajstić information content (AvgIpc) is 3.37. The minimum atomic E-state index is -3.84. The van der Waals surface area contributed by atoms with Crippen LogP contribution in [0.1, 0.15) is 5.56 Å². The Morgan fingerprint density at radius 1 is 0.778 bits per heavy atom. The number of carbonyl (C=O) groups is 1. The molecule has 182 valence electrons. The van der Waals surface area contributed by atoms with Gasteiger partial charge in [0.2, 0.25) is 6.79 Å². The third-order valence-corrected chi connectivity index (χ3v) is 6.99. The molecule has 8 nitrogen and oxygen atoms in total. The van der Waals surface area contributed by atoms with Crippen molar-refractivity contribution >= 4 is 27.4 Å². The van der Waals surface area contributed by atoms with Crippen LogP contribution < -0.4 is 24.8 Å². The van der Waals surface area contributed by atoms with Crippen molar-refractivity contribution in [3.8, 4) is 22.6 Å². The molecule has 9 heteroatoms. The van der Waals surface area contributed by atoms with Crippen molar-refractivity contribution < 1.29 is 22.7 Å². The third-order valence-electron chi connectivity index (χ3n) is 5.55. The molecular formula is C27H23N3O5S. The lowest BCUT2D eigenvalue weighted by Gasteiger charge is -2.13. The molecule has 3 N–H and O–H groups in total. The highest BCUT2D eigenvalue weighted by atomic mass is 32.2. The van der Waals surface area contributed by atoms with E-state index in [2.05, 4.69) is 15.4 Å². The van der Waals surface area contributed by atoms with Crippen LogP contribution in [0.4, 0.5) is 16.2 Å². The Hall–Kier alpha value is -4.50. The summed E-state index contributed by atoms with van der Waals surface area (Å²) < 4.78 is 39.5. The monoisotopic (exact) mass is 501 g/mol. The van der Waals surface area contributed by atoms with Crippen molar-refractivity contribution in [1.29, 1.82) is 0 Å². The number of fused-ring (bicyclic) bond motifs is 1. The van der Waals surface area contributed by atoms with E-state index in [-0.39, 0.29) is 11.7 Å². The minimum absolute atomic E-state index is 0.182. The van der Waals surface area contributed by atoms with Gasteiger partial charge in [-0.1, -0.05) is 54.6 Å². The lowest BCUT2D eigenvalue weighted by Crippen LogP contribution is -2.28. The van der Waals surface area contributed by atoms with Gasteiger partial charge < -0.3 is 20.1 Å². The zero-order chi connectivity index (χ0) is 25.0. The van der Waals surface area contributed by atoms with Crippen LogP contribution >= 0.6 is 0 Å². The molecule has 4 aromatic carbocycles. The first-order valence-corrected chi connectivity index (χ1v) is 12.7. The van der Waals surface area contributed by atoms with Crippen LogP contribution in [-0.2, 0) is 16.6 Å². The molecule has 0 unspecified atom stereocenters. The molecule has 1 heterocycles. The molecule has 4 aromatic rings. The van der Waals surface area contributed by atoms with E-state index >= 15 is 0 Å². The fraction of sp³-hybridized carbons (Fsp3) is 0.0741. The second-order valence-electron chi connectivity index (χ2n) is 8.04. The third kappa shape index (κ3) is 5.26. The summed E-state index contributed by atoms with van der Waals surface area (Å²) in [5.41, 5.74) is 3.19. The van der Waals surface area contributed by atoms with E-state index in [1.165, 1.54) is 0 Å². The van der Waals surface area contributed by atoms with Gasteiger partial charge in [-0.3, -0.25) is 4.72 Å². The number of nitrogens with one attached hydrogen (secondary N) is 3. The first-order chi connectivity index (χ1) is 17.5. The Bertz CT molecular complexity index is 1490. The first kappa shape index (κ1) is 23.3. The highest BCUT2D eigenvalue weighted by Crippen LogP contribution is 2.32. The summed E-state index contributed by atoms with van der Waals surface area (Å²) in [5, 5.41) is 5.51. The molecule has 2 amide bonds. The summed E-state index contributed by atoms with van der Waals surface area (Å²) in [4.78, 5) is 12.5. The second-order valence-corrected chi connectivity index (χ2v) is 9.69. The van der Waals surface area contributed by atoms with Crippen LogP contribution in [0.3, 0.4) is 0 Å². The van der Waals surface area contributed by atoms with Gasteiger partial charge in [0, 0.05) is 23.5 Å². The largest absolute Gasteiger partial charge is 0.454 e. The molecule has 1 aliphatic rings. The highest BCUT2D eigenvalue weighted by molar-refractivity contribution is 7.92. The summed E-state index contributed by atoms with van der Waals surface area (Å²) in [6.45, 7) is 0.500. The van der Waals surface area contributed by atoms with Crippen molar-refractivity contribution in [3.63, 3.8) is 0 Å². The summed E-state index contributed by atoms with van der Waals surface area (Å²) >= 11 is 0. The fourth-order valence-corrected chi connectivity index (χ4v) is 5.09. The molecule has 5 rings (SSSR count). The number of amides is 2. The van der Waals surface area contributed by atoms with Gasteiger partial charge in [0.1, 0.15) is 0 Å². The number of benzene rings is 4. The maximum Gasteiger partial charge on any atom is 0.319 e. The van der Waals surface area contributed by atoms with Gasteiger partial charge >= 0.3 is 6.03 Å². The van der Waals surface area contributed by atoms with Crippen LogP contribution in [0, 0.1) is 0 Å². The van der Waals surface area contributed by atoms with Crippen molar-refractivity contribution in [2.24, 2.45) is 0 Å². The smallest absolute Gasteiger partial charge is 0.319 e. The van der Waals surface area contributed by atoms with Crippen LogP contribution in [0.5, 0.6) is 11.5 Å². The van der Waals surface area contributed by atoms with Crippen molar-refractivity contribution in [1.82, 2.24) is 5.32 Å². The summed E-state index contributed by atoms with van der Waals surface area (Å²) in [7, 11) is -3.84. The number of rotatable bonds is 7. The van der Waals surface area contributed by atoms with E-state index < -0.39 is 16.1 Å². The zero-order valence-electron chi connectivity index (χ0n) is 19.1. The Morgan fingerprint density at radius 3 is 2.28 bits per heavy atom. The molecule has 0 atom stereocenters. The Balaban J connectivity index is 1.21. The fourth-order valence-electron chi connectivity index (χ4n) is 3.80. The van der Waals surface area contributed by atoms with Gasteiger partial charge in [-0.15, -0.1) is 0 Å². The maximum absolute atomic E-state index is 13.1. The number of ether oxygens (including phenoxy) is 2. The lowest BCUT2D eigenvalue weighted by molar-refractivity contribution is 0.174. The molecule has 0 saturated carbocycles. The normalized spacial score (nSPS) is 12.1. The lowest BCUT2D eigenvalue weighted by atomic mass is 10.1. The average molecular weight is 502 g/mol. The maximum atomic E-state index is 13.1. The van der Waals surface area contributed by atoms with Crippen LogP contribution in [0.25, 0.3) is 11.1 Å². The Morgan fingerprint density at radius 2 is 1.47 bits per heavy atom. The van der Waals surface area contributed by atoms with Gasteiger partial charge in [0.25, 0.3) is 10.0 Å². The van der Waals surface area contributed by atoms with Gasteiger partial charge in [-0.05, 0) is 53.6 Å². The molecule has 1 aliphatic heterocycles. The number of sulfonamides is 1. The van der Waals surface area contributed by atoms with E-state index in [0.717, 1.165) is 11.1 Å². The van der Waals surface area contributed by atoms with E-state index in [9.17, 15) is 13.2 Å². The van der Waals surface area contributed by atoms with Gasteiger partial charge in [0.15, 0.2) is 11.5 Å². The molecule has 0 aromatic heterocycles. The molecule has 0 fully saturated rings. The van der Waals surface area contributed by atoms with Crippen LogP contribution in [-0.4, -0.2) is 21.2 Å². The topological polar surface area (TPSA) is 106 Å². The van der Waals surface area contributed by atoms with Gasteiger partial charge in [0.05, 0.1) is 4.90 Å². The number of carbonyl (C=O) groups excluding carboxylic acids is 1. The predicted octanol–water partition coefficient (Wildman–Crippen LogP) is 5.20. The zero-order valence-corrected chi connectivity index (χ0v) is 19.9. The molecule has 0 bridgehead atoms. The van der Waals surface area contributed by atoms with Crippen molar-refractivity contribution in [3.05, 3.63) is 103 Å². The molecular weight excluding hydrogens is 478 g/mol. The number of anilines is 2. The molecule has 0 radical (unpaired) electrons. The second kappa shape index (κ2) is 10.0. The van der Waals surface area contributed by atoms with Crippen molar-refractivity contribution in [2.75, 3.05) is 16.8 Å². The Kier molecular flexibility index (Phi) is 6.46.